The van der Waals surface area contributed by atoms with Crippen LogP contribution in [0.3, 0.4) is 0 Å². The molecule has 5 rings (SSSR count). The van der Waals surface area contributed by atoms with Crippen molar-refractivity contribution in [2.75, 3.05) is 13.2 Å². The Kier molecular flexibility index (Phi) is 10.9. The number of rotatable bonds is 6. The number of esters is 7. The number of pyridine rings is 1. The number of carbonyl (C=O) groups excluding carboxylic acids is 7. The van der Waals surface area contributed by atoms with Crippen molar-refractivity contribution in [3.05, 3.63) is 29.6 Å². The Bertz CT molecular complexity index is 1780. The van der Waals surface area contributed by atoms with Crippen molar-refractivity contribution in [3.8, 4) is 0 Å². The Hall–Kier alpha value is -4.72. The Morgan fingerprint density at radius 3 is 2.02 bits per heavy atom. The number of aryl methyl sites for hydroxylation is 1. The molecule has 19 heteroatoms. The van der Waals surface area contributed by atoms with E-state index in [1.165, 1.54) is 25.3 Å². The molecule has 0 radical (unpaired) electrons. The quantitative estimate of drug-likeness (QED) is 0.240. The number of aliphatic hydroxyl groups excluding tert-OH is 1. The Morgan fingerprint density at radius 1 is 0.855 bits per heavy atom. The van der Waals surface area contributed by atoms with Crippen LogP contribution in [-0.4, -0.2) is 134 Å². The molecule has 0 amide bonds. The second-order valence-electron chi connectivity index (χ2n) is 15.0. The van der Waals surface area contributed by atoms with Gasteiger partial charge in [0.15, 0.2) is 23.4 Å². The van der Waals surface area contributed by atoms with Gasteiger partial charge in [0.1, 0.15) is 54.2 Å². The first-order valence-electron chi connectivity index (χ1n) is 17.4. The summed E-state index contributed by atoms with van der Waals surface area (Å²) in [6.45, 7) is 6.46. The van der Waals surface area contributed by atoms with E-state index in [1.807, 2.05) is 0 Å². The van der Waals surface area contributed by atoms with Crippen molar-refractivity contribution in [1.82, 2.24) is 4.98 Å². The lowest BCUT2D eigenvalue weighted by Gasteiger charge is -2.67. The van der Waals surface area contributed by atoms with E-state index in [0.717, 1.165) is 48.5 Å². The number of hydrogen-bond acceptors (Lipinski definition) is 19. The minimum absolute atomic E-state index is 0.0737. The van der Waals surface area contributed by atoms with Gasteiger partial charge in [-0.3, -0.25) is 29.0 Å². The summed E-state index contributed by atoms with van der Waals surface area (Å²) in [5.74, 6) is -9.11. The summed E-state index contributed by atoms with van der Waals surface area (Å²) in [6, 6.07) is 2.82. The van der Waals surface area contributed by atoms with Gasteiger partial charge in [-0.1, -0.05) is 0 Å². The third-order valence-electron chi connectivity index (χ3n) is 10.9. The SMILES string of the molecule is CC(=O)OC[C@]12[C@H](OC(C)=O)[C@H](OC(C)=O)[C@@H]3[C@@H](OC(C)=O)[C@]14O[C@@]3(C)COC(=O)c1cccnc1CCC(C)(O)C(=O)O[C@@H]([C@H](O)[C@@H]2OC(C)=O)[C@]4(C)O. The van der Waals surface area contributed by atoms with Crippen LogP contribution in [0.2, 0.25) is 0 Å². The normalized spacial score (nSPS) is 39.5. The lowest BCUT2D eigenvalue weighted by atomic mass is 9.45. The molecule has 0 aromatic carbocycles. The first-order valence-corrected chi connectivity index (χ1v) is 17.4. The molecule has 302 valence electrons. The second kappa shape index (κ2) is 14.4. The molecule has 3 N–H and O–H groups in total. The molecule has 2 aliphatic heterocycles. The van der Waals surface area contributed by atoms with E-state index in [9.17, 15) is 48.9 Å². The van der Waals surface area contributed by atoms with Crippen LogP contribution in [0.25, 0.3) is 0 Å². The Morgan fingerprint density at radius 2 is 1.44 bits per heavy atom. The smallest absolute Gasteiger partial charge is 0.340 e. The molecule has 55 heavy (non-hydrogen) atoms. The van der Waals surface area contributed by atoms with Crippen molar-refractivity contribution >= 4 is 41.8 Å². The van der Waals surface area contributed by atoms with Gasteiger partial charge < -0.3 is 53.2 Å². The number of cyclic esters (lactones) is 1. The van der Waals surface area contributed by atoms with Crippen molar-refractivity contribution in [2.45, 2.75) is 127 Å². The minimum atomic E-state index is -2.89. The molecule has 19 nitrogen and oxygen atoms in total. The molecule has 1 unspecified atom stereocenters. The molecule has 4 aliphatic rings. The van der Waals surface area contributed by atoms with Crippen LogP contribution in [0.5, 0.6) is 0 Å². The maximum Gasteiger partial charge on any atom is 0.340 e. The third-order valence-corrected chi connectivity index (χ3v) is 10.9. The van der Waals surface area contributed by atoms with Crippen molar-refractivity contribution < 1.29 is 86.8 Å². The minimum Gasteiger partial charge on any atom is -0.465 e. The van der Waals surface area contributed by atoms with Crippen molar-refractivity contribution in [3.63, 3.8) is 0 Å². The van der Waals surface area contributed by atoms with Gasteiger partial charge in [0.05, 0.1) is 17.2 Å². The van der Waals surface area contributed by atoms with Gasteiger partial charge >= 0.3 is 41.8 Å². The highest BCUT2D eigenvalue weighted by Gasteiger charge is 2.91. The number of aromatic nitrogens is 1. The molecule has 12 atom stereocenters. The van der Waals surface area contributed by atoms with Crippen LogP contribution < -0.4 is 0 Å². The highest BCUT2D eigenvalue weighted by atomic mass is 16.7. The lowest BCUT2D eigenvalue weighted by Crippen LogP contribution is -2.89. The molecular formula is C36H45NO18. The average molecular weight is 780 g/mol. The maximum atomic E-state index is 13.9. The fourth-order valence-electron chi connectivity index (χ4n) is 8.87. The molecule has 1 spiro atoms. The second-order valence-corrected chi connectivity index (χ2v) is 15.0. The first-order chi connectivity index (χ1) is 25.5. The lowest BCUT2D eigenvalue weighted by molar-refractivity contribution is -0.387. The van der Waals surface area contributed by atoms with Gasteiger partial charge in [-0.25, -0.2) is 9.59 Å². The van der Waals surface area contributed by atoms with E-state index in [0.29, 0.717) is 0 Å². The molecule has 1 aromatic rings. The highest BCUT2D eigenvalue weighted by molar-refractivity contribution is 5.90. The summed E-state index contributed by atoms with van der Waals surface area (Å²) in [4.78, 5) is 96.7. The number of hydrogen-bond donors (Lipinski definition) is 3. The Balaban J connectivity index is 1.95. The largest absolute Gasteiger partial charge is 0.465 e. The third kappa shape index (κ3) is 6.69. The van der Waals surface area contributed by atoms with E-state index in [-0.39, 0.29) is 17.7 Å². The number of ether oxygens (including phenoxy) is 8. The van der Waals surface area contributed by atoms with E-state index in [2.05, 4.69) is 4.98 Å². The summed E-state index contributed by atoms with van der Waals surface area (Å²) in [7, 11) is 0. The maximum absolute atomic E-state index is 13.9. The van der Waals surface area contributed by atoms with Gasteiger partial charge in [0.2, 0.25) is 0 Å². The van der Waals surface area contributed by atoms with Gasteiger partial charge in [-0.2, -0.15) is 0 Å². The zero-order valence-electron chi connectivity index (χ0n) is 31.5. The van der Waals surface area contributed by atoms with E-state index in [4.69, 9.17) is 37.9 Å². The van der Waals surface area contributed by atoms with E-state index in [1.54, 1.807) is 0 Å². The molecule has 2 saturated carbocycles. The molecule has 1 saturated heterocycles. The number of carbonyl (C=O) groups is 7. The topological polar surface area (TPSA) is 267 Å². The standard InChI is InChI=1S/C36H45NO18/c1-16(38)48-15-35-28(52-19(4)41)24(43)27-34(8,47)36(35)26(51-18(3)40)23(25(50-17(2)39)29(35)53-20(5)42)33(7,55-36)14-49-30(44)21-10-9-13-37-22(21)11-12-32(6,46)31(45)54-27/h9-10,13,23-29,43,46-47H,11-12,14-15H2,1-8H3/t23-,24+,25-,26-,27+,28+,29-,32?,33+,34+,35+,36-/m1/s1. The molecular weight excluding hydrogens is 734 g/mol. The van der Waals surface area contributed by atoms with Gasteiger partial charge in [-0.05, 0) is 45.7 Å². The van der Waals surface area contributed by atoms with Gasteiger partial charge in [0.25, 0.3) is 0 Å². The Labute approximate surface area is 314 Å². The summed E-state index contributed by atoms with van der Waals surface area (Å²) >= 11 is 0. The zero-order valence-corrected chi connectivity index (χ0v) is 31.5. The number of nitrogens with zero attached hydrogens (tertiary/aromatic N) is 1. The molecule has 3 heterocycles. The first kappa shape index (κ1) is 41.4. The monoisotopic (exact) mass is 779 g/mol. The van der Waals surface area contributed by atoms with Crippen LogP contribution in [0, 0.1) is 11.3 Å². The molecule has 4 bridgehead atoms. The van der Waals surface area contributed by atoms with Crippen LogP contribution in [0.15, 0.2) is 18.3 Å². The summed E-state index contributed by atoms with van der Waals surface area (Å²) in [6.07, 6.45) is -11.7. The average Bonchev–Trinajstić information content (AvgIpc) is 3.29. The fraction of sp³-hybridized carbons (Fsp3) is 0.667. The predicted octanol–water partition coefficient (Wildman–Crippen LogP) is -0.593. The van der Waals surface area contributed by atoms with Gasteiger partial charge in [-0.15, -0.1) is 0 Å². The van der Waals surface area contributed by atoms with E-state index >= 15 is 0 Å². The summed E-state index contributed by atoms with van der Waals surface area (Å²) < 4.78 is 47.4. The van der Waals surface area contributed by atoms with Crippen LogP contribution in [0.1, 0.15) is 77.9 Å². The van der Waals surface area contributed by atoms with Crippen LogP contribution in [0.4, 0.5) is 0 Å². The van der Waals surface area contributed by atoms with Crippen molar-refractivity contribution in [2.24, 2.45) is 11.3 Å². The zero-order chi connectivity index (χ0) is 41.1. The number of aliphatic hydroxyl groups is 3. The molecule has 3 fully saturated rings. The summed E-state index contributed by atoms with van der Waals surface area (Å²) in [5.41, 5.74) is -12.7. The summed E-state index contributed by atoms with van der Waals surface area (Å²) in [5, 5.41) is 36.8. The molecule has 1 aromatic heterocycles. The van der Waals surface area contributed by atoms with E-state index < -0.39 is 132 Å². The van der Waals surface area contributed by atoms with Gasteiger partial charge in [0, 0.05) is 40.8 Å². The van der Waals surface area contributed by atoms with Crippen LogP contribution in [-0.2, 0) is 73.1 Å². The van der Waals surface area contributed by atoms with Crippen LogP contribution >= 0.6 is 0 Å². The highest BCUT2D eigenvalue weighted by Crippen LogP contribution is 2.70. The predicted molar refractivity (Wildman–Crippen MR) is 177 cm³/mol. The fourth-order valence-corrected chi connectivity index (χ4v) is 8.87. The molecule has 2 aliphatic carbocycles. The van der Waals surface area contributed by atoms with Crippen molar-refractivity contribution in [1.29, 1.82) is 0 Å². The number of fused-ring (bicyclic) bond motifs is 5.